The Morgan fingerprint density at radius 3 is 2.45 bits per heavy atom. The second-order valence-corrected chi connectivity index (χ2v) is 7.80. The van der Waals surface area contributed by atoms with Crippen molar-refractivity contribution < 1.29 is 28.5 Å². The molecular formula is C23H28ClN3O6. The van der Waals surface area contributed by atoms with Gasteiger partial charge in [0.25, 0.3) is 11.8 Å². The summed E-state index contributed by atoms with van der Waals surface area (Å²) in [5.41, 5.74) is 6.49. The first-order chi connectivity index (χ1) is 15.9. The van der Waals surface area contributed by atoms with Crippen LogP contribution in [0.2, 0.25) is 5.02 Å². The summed E-state index contributed by atoms with van der Waals surface area (Å²) in [6.07, 6.45) is 0. The molecule has 1 heterocycles. The van der Waals surface area contributed by atoms with Crippen LogP contribution in [0.3, 0.4) is 0 Å². The number of amides is 2. The van der Waals surface area contributed by atoms with Crippen molar-refractivity contribution in [1.82, 2.24) is 10.2 Å². The average Bonchev–Trinajstić information content (AvgIpc) is 2.83. The molecule has 0 aromatic heterocycles. The monoisotopic (exact) mass is 477 g/mol. The van der Waals surface area contributed by atoms with Crippen LogP contribution in [0.1, 0.15) is 22.0 Å². The van der Waals surface area contributed by atoms with Crippen molar-refractivity contribution in [3.05, 3.63) is 52.5 Å². The van der Waals surface area contributed by atoms with Crippen LogP contribution in [0.15, 0.2) is 36.4 Å². The number of nitrogens with two attached hydrogens (primary N) is 1. The van der Waals surface area contributed by atoms with E-state index in [0.29, 0.717) is 25.3 Å². The number of rotatable bonds is 10. The standard InChI is InChI=1S/C23H28ClN3O6/c1-30-17-5-3-15(4-6-17)19(27-7-9-32-10-8-27)13-26-23(29)16-11-18(24)22(20(12-16)31-2)33-14-21(25)28/h3-6,11-12,19H,7-10,13-14H2,1-2H3,(H2,25,28)(H,26,29). The topological polar surface area (TPSA) is 112 Å². The van der Waals surface area contributed by atoms with E-state index in [4.69, 9.17) is 36.3 Å². The van der Waals surface area contributed by atoms with Gasteiger partial charge in [-0.1, -0.05) is 23.7 Å². The fourth-order valence-electron chi connectivity index (χ4n) is 3.60. The third-order valence-electron chi connectivity index (χ3n) is 5.29. The summed E-state index contributed by atoms with van der Waals surface area (Å²) in [5.74, 6) is 0.183. The van der Waals surface area contributed by atoms with Crippen LogP contribution in [-0.4, -0.2) is 70.4 Å². The summed E-state index contributed by atoms with van der Waals surface area (Å²) >= 11 is 6.28. The minimum Gasteiger partial charge on any atom is -0.497 e. The van der Waals surface area contributed by atoms with E-state index in [1.165, 1.54) is 19.2 Å². The largest absolute Gasteiger partial charge is 0.497 e. The van der Waals surface area contributed by atoms with Gasteiger partial charge < -0.3 is 30.0 Å². The van der Waals surface area contributed by atoms with Gasteiger partial charge in [-0.05, 0) is 29.8 Å². The second kappa shape index (κ2) is 11.7. The molecule has 2 aromatic rings. The predicted octanol–water partition coefficient (Wildman–Crippen LogP) is 2.02. The van der Waals surface area contributed by atoms with E-state index >= 15 is 0 Å². The normalized spacial score (nSPS) is 14.9. The molecule has 1 atom stereocenters. The maximum Gasteiger partial charge on any atom is 0.255 e. The van der Waals surface area contributed by atoms with Crippen molar-refractivity contribution >= 4 is 23.4 Å². The van der Waals surface area contributed by atoms with Crippen molar-refractivity contribution in [3.8, 4) is 17.2 Å². The lowest BCUT2D eigenvalue weighted by Gasteiger charge is -2.35. The molecule has 0 radical (unpaired) electrons. The van der Waals surface area contributed by atoms with Gasteiger partial charge in [-0.15, -0.1) is 0 Å². The number of hydrogen-bond donors (Lipinski definition) is 2. The third-order valence-corrected chi connectivity index (χ3v) is 5.57. The molecule has 1 saturated heterocycles. The smallest absolute Gasteiger partial charge is 0.255 e. The molecule has 3 N–H and O–H groups in total. The zero-order chi connectivity index (χ0) is 23.8. The molecule has 33 heavy (non-hydrogen) atoms. The van der Waals surface area contributed by atoms with Gasteiger partial charge in [-0.25, -0.2) is 0 Å². The minimum absolute atomic E-state index is 0.0423. The van der Waals surface area contributed by atoms with Gasteiger partial charge in [0.05, 0.1) is 38.5 Å². The van der Waals surface area contributed by atoms with Gasteiger partial charge in [0.2, 0.25) is 0 Å². The lowest BCUT2D eigenvalue weighted by Crippen LogP contribution is -2.43. The molecule has 10 heteroatoms. The van der Waals surface area contributed by atoms with E-state index in [1.807, 2.05) is 24.3 Å². The highest BCUT2D eigenvalue weighted by atomic mass is 35.5. The quantitative estimate of drug-likeness (QED) is 0.538. The van der Waals surface area contributed by atoms with Gasteiger partial charge in [0, 0.05) is 25.2 Å². The Morgan fingerprint density at radius 1 is 1.15 bits per heavy atom. The third kappa shape index (κ3) is 6.50. The number of morpholine rings is 1. The number of primary amides is 1. The zero-order valence-corrected chi connectivity index (χ0v) is 19.4. The Balaban J connectivity index is 1.76. The number of benzene rings is 2. The Bertz CT molecular complexity index is 963. The maximum atomic E-state index is 13.0. The van der Waals surface area contributed by atoms with Crippen molar-refractivity contribution in [2.45, 2.75) is 6.04 Å². The van der Waals surface area contributed by atoms with Gasteiger partial charge in [0.1, 0.15) is 5.75 Å². The summed E-state index contributed by atoms with van der Waals surface area (Å²) in [4.78, 5) is 26.3. The molecule has 3 rings (SSSR count). The van der Waals surface area contributed by atoms with E-state index in [-0.39, 0.29) is 35.1 Å². The van der Waals surface area contributed by atoms with Gasteiger partial charge >= 0.3 is 0 Å². The first-order valence-electron chi connectivity index (χ1n) is 10.5. The minimum atomic E-state index is -0.650. The Hall–Kier alpha value is -3.01. The van der Waals surface area contributed by atoms with Crippen molar-refractivity contribution in [2.75, 3.05) is 53.7 Å². The number of nitrogens with zero attached hydrogens (tertiary/aromatic N) is 1. The zero-order valence-electron chi connectivity index (χ0n) is 18.6. The molecule has 1 aliphatic rings. The summed E-state index contributed by atoms with van der Waals surface area (Å²) in [6.45, 7) is 2.83. The van der Waals surface area contributed by atoms with E-state index in [2.05, 4.69) is 10.2 Å². The molecular weight excluding hydrogens is 450 g/mol. The van der Waals surface area contributed by atoms with Crippen LogP contribution in [-0.2, 0) is 9.53 Å². The Morgan fingerprint density at radius 2 is 1.85 bits per heavy atom. The summed E-state index contributed by atoms with van der Waals surface area (Å²) in [6, 6.07) is 10.7. The second-order valence-electron chi connectivity index (χ2n) is 7.39. The van der Waals surface area contributed by atoms with Crippen molar-refractivity contribution in [2.24, 2.45) is 5.73 Å². The lowest BCUT2D eigenvalue weighted by atomic mass is 10.0. The van der Waals surface area contributed by atoms with E-state index < -0.39 is 5.91 Å². The number of halogens is 1. The van der Waals surface area contributed by atoms with Crippen LogP contribution in [0.25, 0.3) is 0 Å². The van der Waals surface area contributed by atoms with E-state index in [1.54, 1.807) is 7.11 Å². The molecule has 0 saturated carbocycles. The molecule has 9 nitrogen and oxygen atoms in total. The highest BCUT2D eigenvalue weighted by molar-refractivity contribution is 6.32. The van der Waals surface area contributed by atoms with Gasteiger partial charge in [-0.2, -0.15) is 0 Å². The highest BCUT2D eigenvalue weighted by Crippen LogP contribution is 2.36. The SMILES string of the molecule is COc1ccc(C(CNC(=O)c2cc(Cl)c(OCC(N)=O)c(OC)c2)N2CCOCC2)cc1. The molecule has 0 bridgehead atoms. The van der Waals surface area contributed by atoms with Gasteiger partial charge in [-0.3, -0.25) is 14.5 Å². The van der Waals surface area contributed by atoms with Crippen LogP contribution in [0, 0.1) is 0 Å². The highest BCUT2D eigenvalue weighted by Gasteiger charge is 2.24. The fourth-order valence-corrected chi connectivity index (χ4v) is 3.86. The fraction of sp³-hybridized carbons (Fsp3) is 0.391. The molecule has 0 spiro atoms. The molecule has 0 aliphatic carbocycles. The van der Waals surface area contributed by atoms with Gasteiger partial charge in [0.15, 0.2) is 18.1 Å². The van der Waals surface area contributed by atoms with Crippen LogP contribution >= 0.6 is 11.6 Å². The number of methoxy groups -OCH3 is 2. The number of hydrogen-bond acceptors (Lipinski definition) is 7. The summed E-state index contributed by atoms with van der Waals surface area (Å²) in [7, 11) is 3.04. The molecule has 2 aromatic carbocycles. The maximum absolute atomic E-state index is 13.0. The Labute approximate surface area is 197 Å². The Kier molecular flexibility index (Phi) is 8.76. The average molecular weight is 478 g/mol. The number of nitrogens with one attached hydrogen (secondary N) is 1. The number of carbonyl (C=O) groups excluding carboxylic acids is 2. The van der Waals surface area contributed by atoms with E-state index in [9.17, 15) is 9.59 Å². The molecule has 1 unspecified atom stereocenters. The lowest BCUT2D eigenvalue weighted by molar-refractivity contribution is -0.119. The molecule has 2 amide bonds. The van der Waals surface area contributed by atoms with Crippen LogP contribution in [0.4, 0.5) is 0 Å². The predicted molar refractivity (Wildman–Crippen MR) is 123 cm³/mol. The van der Waals surface area contributed by atoms with Crippen LogP contribution < -0.4 is 25.3 Å². The molecule has 1 aliphatic heterocycles. The summed E-state index contributed by atoms with van der Waals surface area (Å²) in [5, 5.41) is 3.13. The summed E-state index contributed by atoms with van der Waals surface area (Å²) < 4.78 is 21.3. The number of ether oxygens (including phenoxy) is 4. The molecule has 1 fully saturated rings. The van der Waals surface area contributed by atoms with Crippen molar-refractivity contribution in [1.29, 1.82) is 0 Å². The van der Waals surface area contributed by atoms with Crippen molar-refractivity contribution in [3.63, 3.8) is 0 Å². The number of carbonyl (C=O) groups is 2. The van der Waals surface area contributed by atoms with E-state index in [0.717, 1.165) is 24.4 Å². The first-order valence-corrected chi connectivity index (χ1v) is 10.8. The first kappa shape index (κ1) is 24.6. The molecule has 178 valence electrons. The van der Waals surface area contributed by atoms with Crippen LogP contribution in [0.5, 0.6) is 17.2 Å².